The molecule has 1 aliphatic rings. The number of nitrogens with one attached hydrogen (secondary N) is 2. The van der Waals surface area contributed by atoms with Crippen LogP contribution in [0.4, 0.5) is 5.82 Å². The van der Waals surface area contributed by atoms with Crippen LogP contribution in [0, 0.1) is 5.92 Å². The third-order valence-electron chi connectivity index (χ3n) is 3.97. The van der Waals surface area contributed by atoms with Gasteiger partial charge in [0.1, 0.15) is 5.82 Å². The third kappa shape index (κ3) is 4.08. The maximum Gasteiger partial charge on any atom is 0.251 e. The van der Waals surface area contributed by atoms with Crippen molar-refractivity contribution in [2.45, 2.75) is 13.3 Å². The van der Waals surface area contributed by atoms with Gasteiger partial charge in [-0.2, -0.15) is 0 Å². The van der Waals surface area contributed by atoms with Crippen molar-refractivity contribution in [3.8, 4) is 11.4 Å². The number of anilines is 1. The summed E-state index contributed by atoms with van der Waals surface area (Å²) in [4.78, 5) is 21.1. The summed E-state index contributed by atoms with van der Waals surface area (Å²) in [6.07, 6.45) is 2.72. The monoisotopic (exact) mass is 326 g/mol. The molecular formula is C18H22N4O2. The summed E-state index contributed by atoms with van der Waals surface area (Å²) in [5.74, 6) is 1.72. The Morgan fingerprint density at radius 1 is 1.38 bits per heavy atom. The molecular weight excluding hydrogens is 304 g/mol. The van der Waals surface area contributed by atoms with E-state index in [1.54, 1.807) is 12.3 Å². The summed E-state index contributed by atoms with van der Waals surface area (Å²) in [6, 6.07) is 9.22. The van der Waals surface area contributed by atoms with E-state index in [9.17, 15) is 4.79 Å². The molecule has 6 heteroatoms. The second-order valence-electron chi connectivity index (χ2n) is 5.82. The standard InChI is InChI=1S/C18H22N4O2/c1-2-19-16-6-8-20-17(22-16)14-4-3-5-15(10-14)18(23)21-11-13-7-9-24-12-13/h3-6,8,10,13H,2,7,9,11-12H2,1H3,(H,21,23)(H,19,20,22)/t13-/m1/s1. The quantitative estimate of drug-likeness (QED) is 0.852. The van der Waals surface area contributed by atoms with Gasteiger partial charge in [-0.15, -0.1) is 0 Å². The van der Waals surface area contributed by atoms with Crippen LogP contribution in [0.1, 0.15) is 23.7 Å². The van der Waals surface area contributed by atoms with Crippen LogP contribution in [-0.2, 0) is 4.74 Å². The molecule has 1 aromatic heterocycles. The van der Waals surface area contributed by atoms with Crippen LogP contribution in [-0.4, -0.2) is 42.2 Å². The summed E-state index contributed by atoms with van der Waals surface area (Å²) in [5.41, 5.74) is 1.44. The lowest BCUT2D eigenvalue weighted by molar-refractivity contribution is 0.0945. The number of hydrogen-bond donors (Lipinski definition) is 2. The fraction of sp³-hybridized carbons (Fsp3) is 0.389. The maximum atomic E-state index is 12.3. The Kier molecular flexibility index (Phi) is 5.38. The van der Waals surface area contributed by atoms with Crippen molar-refractivity contribution in [2.75, 3.05) is 31.6 Å². The summed E-state index contributed by atoms with van der Waals surface area (Å²) >= 11 is 0. The van der Waals surface area contributed by atoms with Gasteiger partial charge in [0.15, 0.2) is 5.82 Å². The van der Waals surface area contributed by atoms with E-state index >= 15 is 0 Å². The van der Waals surface area contributed by atoms with Gasteiger partial charge in [-0.05, 0) is 31.5 Å². The Bertz CT molecular complexity index is 699. The predicted molar refractivity (Wildman–Crippen MR) is 92.9 cm³/mol. The van der Waals surface area contributed by atoms with E-state index < -0.39 is 0 Å². The fourth-order valence-corrected chi connectivity index (χ4v) is 2.66. The van der Waals surface area contributed by atoms with E-state index in [4.69, 9.17) is 4.74 Å². The van der Waals surface area contributed by atoms with Crippen molar-refractivity contribution < 1.29 is 9.53 Å². The molecule has 2 heterocycles. The van der Waals surface area contributed by atoms with E-state index in [0.29, 0.717) is 23.9 Å². The topological polar surface area (TPSA) is 76.1 Å². The Morgan fingerprint density at radius 2 is 2.29 bits per heavy atom. The molecule has 0 bridgehead atoms. The molecule has 6 nitrogen and oxygen atoms in total. The highest BCUT2D eigenvalue weighted by molar-refractivity contribution is 5.95. The number of carbonyl (C=O) groups excluding carboxylic acids is 1. The number of nitrogens with zero attached hydrogens (tertiary/aromatic N) is 2. The van der Waals surface area contributed by atoms with E-state index in [-0.39, 0.29) is 5.91 Å². The molecule has 2 aromatic rings. The molecule has 1 atom stereocenters. The first kappa shape index (κ1) is 16.4. The third-order valence-corrected chi connectivity index (χ3v) is 3.97. The molecule has 1 aromatic carbocycles. The average Bonchev–Trinajstić information content (AvgIpc) is 3.14. The van der Waals surface area contributed by atoms with Crippen LogP contribution in [0.2, 0.25) is 0 Å². The first-order chi connectivity index (χ1) is 11.8. The lowest BCUT2D eigenvalue weighted by Crippen LogP contribution is -2.29. The van der Waals surface area contributed by atoms with Gasteiger partial charge in [0.2, 0.25) is 0 Å². The number of carbonyl (C=O) groups is 1. The Labute approximate surface area is 141 Å². The SMILES string of the molecule is CCNc1ccnc(-c2cccc(C(=O)NC[C@H]3CCOC3)c2)n1. The van der Waals surface area contributed by atoms with Crippen LogP contribution in [0.3, 0.4) is 0 Å². The van der Waals surface area contributed by atoms with Crippen molar-refractivity contribution in [1.82, 2.24) is 15.3 Å². The second kappa shape index (κ2) is 7.88. The van der Waals surface area contributed by atoms with Crippen molar-refractivity contribution in [1.29, 1.82) is 0 Å². The molecule has 1 amide bonds. The summed E-state index contributed by atoms with van der Waals surface area (Å²) in [5, 5.41) is 6.14. The zero-order valence-corrected chi connectivity index (χ0v) is 13.8. The van der Waals surface area contributed by atoms with Crippen molar-refractivity contribution >= 4 is 11.7 Å². The van der Waals surface area contributed by atoms with Gasteiger partial charge in [0, 0.05) is 42.9 Å². The predicted octanol–water partition coefficient (Wildman–Crippen LogP) is 2.34. The summed E-state index contributed by atoms with van der Waals surface area (Å²) < 4.78 is 5.33. The van der Waals surface area contributed by atoms with Crippen LogP contribution in [0.25, 0.3) is 11.4 Å². The number of hydrogen-bond acceptors (Lipinski definition) is 5. The Hall–Kier alpha value is -2.47. The highest BCUT2D eigenvalue weighted by Gasteiger charge is 2.17. The largest absolute Gasteiger partial charge is 0.381 e. The smallest absolute Gasteiger partial charge is 0.251 e. The number of aromatic nitrogens is 2. The highest BCUT2D eigenvalue weighted by atomic mass is 16.5. The molecule has 1 aliphatic heterocycles. The molecule has 1 saturated heterocycles. The molecule has 1 fully saturated rings. The minimum atomic E-state index is -0.0772. The lowest BCUT2D eigenvalue weighted by atomic mass is 10.1. The van der Waals surface area contributed by atoms with Crippen LogP contribution >= 0.6 is 0 Å². The fourth-order valence-electron chi connectivity index (χ4n) is 2.66. The van der Waals surface area contributed by atoms with Crippen molar-refractivity contribution in [2.24, 2.45) is 5.92 Å². The van der Waals surface area contributed by atoms with Crippen molar-refractivity contribution in [3.63, 3.8) is 0 Å². The average molecular weight is 326 g/mol. The molecule has 2 N–H and O–H groups in total. The second-order valence-corrected chi connectivity index (χ2v) is 5.82. The zero-order chi connectivity index (χ0) is 16.8. The molecule has 0 unspecified atom stereocenters. The zero-order valence-electron chi connectivity index (χ0n) is 13.8. The number of amides is 1. The van der Waals surface area contributed by atoms with Gasteiger partial charge in [0.25, 0.3) is 5.91 Å². The number of benzene rings is 1. The Morgan fingerprint density at radius 3 is 3.08 bits per heavy atom. The minimum Gasteiger partial charge on any atom is -0.381 e. The van der Waals surface area contributed by atoms with E-state index in [1.165, 1.54) is 0 Å². The normalized spacial score (nSPS) is 16.8. The molecule has 0 radical (unpaired) electrons. The van der Waals surface area contributed by atoms with Crippen molar-refractivity contribution in [3.05, 3.63) is 42.1 Å². The summed E-state index contributed by atoms with van der Waals surface area (Å²) in [6.45, 7) is 4.97. The number of ether oxygens (including phenoxy) is 1. The highest BCUT2D eigenvalue weighted by Crippen LogP contribution is 2.18. The first-order valence-corrected chi connectivity index (χ1v) is 8.29. The Balaban J connectivity index is 1.71. The number of rotatable bonds is 6. The molecule has 0 saturated carbocycles. The lowest BCUT2D eigenvalue weighted by Gasteiger charge is -2.10. The molecule has 0 aliphatic carbocycles. The maximum absolute atomic E-state index is 12.3. The van der Waals surface area contributed by atoms with Gasteiger partial charge in [-0.3, -0.25) is 4.79 Å². The van der Waals surface area contributed by atoms with Crippen LogP contribution < -0.4 is 10.6 Å². The molecule has 126 valence electrons. The molecule has 3 rings (SSSR count). The van der Waals surface area contributed by atoms with Crippen LogP contribution in [0.5, 0.6) is 0 Å². The minimum absolute atomic E-state index is 0.0772. The van der Waals surface area contributed by atoms with Gasteiger partial charge in [-0.1, -0.05) is 12.1 Å². The van der Waals surface area contributed by atoms with Crippen LogP contribution in [0.15, 0.2) is 36.5 Å². The van der Waals surface area contributed by atoms with Gasteiger partial charge < -0.3 is 15.4 Å². The summed E-state index contributed by atoms with van der Waals surface area (Å²) in [7, 11) is 0. The molecule has 24 heavy (non-hydrogen) atoms. The van der Waals surface area contributed by atoms with E-state index in [2.05, 4.69) is 20.6 Å². The van der Waals surface area contributed by atoms with Gasteiger partial charge in [-0.25, -0.2) is 9.97 Å². The van der Waals surface area contributed by atoms with E-state index in [1.807, 2.05) is 31.2 Å². The molecule has 0 spiro atoms. The first-order valence-electron chi connectivity index (χ1n) is 8.29. The van der Waals surface area contributed by atoms with Gasteiger partial charge in [0.05, 0.1) is 6.61 Å². The van der Waals surface area contributed by atoms with E-state index in [0.717, 1.165) is 37.6 Å². The van der Waals surface area contributed by atoms with Gasteiger partial charge >= 0.3 is 0 Å².